The lowest BCUT2D eigenvalue weighted by atomic mass is 10.0. The molecule has 338 valence electrons. The number of aryl methyl sites for hydroxylation is 2. The largest absolute Gasteiger partial charge is 0.344 e. The van der Waals surface area contributed by atoms with E-state index in [2.05, 4.69) is 30.2 Å². The number of aromatic nitrogens is 8. The molecule has 22 heteroatoms. The van der Waals surface area contributed by atoms with E-state index in [0.717, 1.165) is 28.6 Å². The van der Waals surface area contributed by atoms with E-state index in [9.17, 15) is 30.8 Å². The van der Waals surface area contributed by atoms with Crippen LogP contribution < -0.4 is 15.6 Å². The Labute approximate surface area is 370 Å². The third kappa shape index (κ3) is 7.87. The van der Waals surface area contributed by atoms with Crippen LogP contribution in [0, 0.1) is 24.5 Å². The molecule has 9 rings (SSSR count). The summed E-state index contributed by atoms with van der Waals surface area (Å²) < 4.78 is 119. The fraction of sp³-hybridized carbons (Fsp3) is 0.326. The van der Waals surface area contributed by atoms with Crippen molar-refractivity contribution in [3.05, 3.63) is 121 Å². The first-order valence-corrected chi connectivity index (χ1v) is 22.4. The topological polar surface area (TPSA) is 172 Å². The molecule has 2 aliphatic carbocycles. The molecule has 0 saturated heterocycles. The van der Waals surface area contributed by atoms with Crippen molar-refractivity contribution in [2.45, 2.75) is 70.4 Å². The van der Waals surface area contributed by atoms with E-state index in [4.69, 9.17) is 16.6 Å². The summed E-state index contributed by atoms with van der Waals surface area (Å²) in [5.74, 6) is -8.54. The molecule has 0 spiro atoms. The van der Waals surface area contributed by atoms with Crippen molar-refractivity contribution in [2.75, 3.05) is 11.0 Å². The number of hydrogen-bond donors (Lipinski definition) is 2. The Kier molecular flexibility index (Phi) is 10.6. The Morgan fingerprint density at radius 1 is 1.00 bits per heavy atom. The van der Waals surface area contributed by atoms with Crippen LogP contribution in [0.1, 0.15) is 84.4 Å². The number of amides is 1. The Balaban J connectivity index is 1.27. The normalized spacial score (nSPS) is 17.0. The molecule has 14 nitrogen and oxygen atoms in total. The Morgan fingerprint density at radius 3 is 2.40 bits per heavy atom. The highest BCUT2D eigenvalue weighted by atomic mass is 35.5. The molecule has 1 amide bonds. The maximum absolute atomic E-state index is 15.6. The summed E-state index contributed by atoms with van der Waals surface area (Å²) in [5, 5.41) is 10.9. The number of fused-ring (bicyclic) bond motifs is 5. The number of anilines is 1. The van der Waals surface area contributed by atoms with Crippen molar-refractivity contribution in [2.24, 2.45) is 13.0 Å². The van der Waals surface area contributed by atoms with Gasteiger partial charge < -0.3 is 5.32 Å². The summed E-state index contributed by atoms with van der Waals surface area (Å²) in [6.45, 7) is 4.66. The van der Waals surface area contributed by atoms with Crippen molar-refractivity contribution in [3.63, 3.8) is 0 Å². The Morgan fingerprint density at radius 2 is 1.72 bits per heavy atom. The van der Waals surface area contributed by atoms with Crippen molar-refractivity contribution >= 4 is 55.2 Å². The van der Waals surface area contributed by atoms with Crippen LogP contribution in [0.5, 0.6) is 0 Å². The average Bonchev–Trinajstić information content (AvgIpc) is 3.75. The van der Waals surface area contributed by atoms with Crippen molar-refractivity contribution in [1.29, 1.82) is 0 Å². The van der Waals surface area contributed by atoms with Crippen LogP contribution in [0.25, 0.3) is 38.8 Å². The number of alkyl halides is 4. The van der Waals surface area contributed by atoms with Crippen LogP contribution >= 0.6 is 11.6 Å². The standard InChI is InChI=1S/C43H37ClF6N10O4S/c1-18(2)28-16-29(52-19(3)51-28)21-6-7-24-30(13-21)54-41(60(42(24)62)32-9-8-27(44)35-37(32)58(4)56-40(35)57-65(5,63)64)31(12-20-10-22(45)14-23(46)11-20)53-33(61)17-59-38-34(36(55-59)39(47)48)25-15-26(25)43(38,49)50/h6-11,13-14,16,18,25-26,31,39H,12,15,17H2,1-5H3,(H,53,61)(H,56,57)/t25-,26+,31-/m0/s1. The van der Waals surface area contributed by atoms with E-state index in [1.165, 1.54) is 29.9 Å². The minimum Gasteiger partial charge on any atom is -0.344 e. The molecule has 3 aromatic carbocycles. The molecular weight excluding hydrogens is 902 g/mol. The lowest BCUT2D eigenvalue weighted by Crippen LogP contribution is -2.38. The van der Waals surface area contributed by atoms with Gasteiger partial charge in [-0.05, 0) is 73.2 Å². The Hall–Kier alpha value is -6.35. The molecule has 0 aliphatic heterocycles. The van der Waals surface area contributed by atoms with Crippen molar-refractivity contribution in [3.8, 4) is 16.9 Å². The molecule has 2 aliphatic rings. The summed E-state index contributed by atoms with van der Waals surface area (Å²) in [6.07, 6.45) is -2.78. The molecule has 65 heavy (non-hydrogen) atoms. The number of benzene rings is 3. The SMILES string of the molecule is Cc1nc(-c2ccc3c(=O)n(-c4ccc(Cl)c5c(NS(C)(=O)=O)nn(C)c45)c([C@H](Cc4cc(F)cc(F)c4)NC(=O)Cn4nc(C(F)F)c5c4C(F)(F)[C@@H]4C[C@H]54)nc3c2)cc(C(C)C)n1. The van der Waals surface area contributed by atoms with Gasteiger partial charge in [-0.1, -0.05) is 31.5 Å². The molecule has 1 saturated carbocycles. The number of halogens is 7. The van der Waals surface area contributed by atoms with Crippen LogP contribution in [0.15, 0.2) is 59.4 Å². The number of nitrogens with zero attached hydrogens (tertiary/aromatic N) is 8. The summed E-state index contributed by atoms with van der Waals surface area (Å²) in [5.41, 5.74) is -0.742. The zero-order valence-corrected chi connectivity index (χ0v) is 36.5. The van der Waals surface area contributed by atoms with E-state index in [1.807, 2.05) is 13.8 Å². The van der Waals surface area contributed by atoms with Gasteiger partial charge in [0.25, 0.3) is 17.9 Å². The van der Waals surface area contributed by atoms with E-state index in [0.29, 0.717) is 27.8 Å². The van der Waals surface area contributed by atoms with Crippen LogP contribution in [0.4, 0.5) is 32.2 Å². The predicted molar refractivity (Wildman–Crippen MR) is 228 cm³/mol. The maximum Gasteiger partial charge on any atom is 0.293 e. The van der Waals surface area contributed by atoms with Crippen LogP contribution in [-0.4, -0.2) is 59.7 Å². The molecule has 4 aromatic heterocycles. The van der Waals surface area contributed by atoms with Crippen molar-refractivity contribution < 1.29 is 39.6 Å². The van der Waals surface area contributed by atoms with Gasteiger partial charge in [-0.25, -0.2) is 40.9 Å². The zero-order valence-electron chi connectivity index (χ0n) is 35.0. The van der Waals surface area contributed by atoms with E-state index >= 15 is 13.6 Å². The first-order chi connectivity index (χ1) is 30.6. The summed E-state index contributed by atoms with van der Waals surface area (Å²) >= 11 is 6.66. The smallest absolute Gasteiger partial charge is 0.293 e. The van der Waals surface area contributed by atoms with Gasteiger partial charge in [0.2, 0.25) is 15.9 Å². The second-order valence-electron chi connectivity index (χ2n) is 16.6. The lowest BCUT2D eigenvalue weighted by Gasteiger charge is -2.24. The second-order valence-corrected chi connectivity index (χ2v) is 18.8. The molecule has 4 heterocycles. The van der Waals surface area contributed by atoms with E-state index in [-0.39, 0.29) is 67.6 Å². The molecule has 0 unspecified atom stereocenters. The van der Waals surface area contributed by atoms with Crippen LogP contribution in [0.2, 0.25) is 5.02 Å². The molecule has 7 aromatic rings. The Bertz CT molecular complexity index is 3300. The van der Waals surface area contributed by atoms with E-state index in [1.54, 1.807) is 25.1 Å². The third-order valence-corrected chi connectivity index (χ3v) is 12.4. The molecule has 0 bridgehead atoms. The van der Waals surface area contributed by atoms with Gasteiger partial charge >= 0.3 is 0 Å². The van der Waals surface area contributed by atoms with Gasteiger partial charge in [-0.2, -0.15) is 19.0 Å². The molecule has 1 fully saturated rings. The van der Waals surface area contributed by atoms with Crippen LogP contribution in [-0.2, 0) is 40.8 Å². The minimum absolute atomic E-state index is 0.00703. The fourth-order valence-electron chi connectivity index (χ4n) is 8.77. The number of nitrogens with one attached hydrogen (secondary N) is 2. The summed E-state index contributed by atoms with van der Waals surface area (Å²) in [6, 6.07) is 10.4. The average molecular weight is 939 g/mol. The van der Waals surface area contributed by atoms with Gasteiger partial charge in [0.05, 0.1) is 50.5 Å². The lowest BCUT2D eigenvalue weighted by molar-refractivity contribution is -0.123. The first-order valence-electron chi connectivity index (χ1n) is 20.2. The monoisotopic (exact) mass is 938 g/mol. The number of carbonyl (C=O) groups excluding carboxylic acids is 1. The van der Waals surface area contributed by atoms with Gasteiger partial charge in [0.1, 0.15) is 41.2 Å². The van der Waals surface area contributed by atoms with Gasteiger partial charge in [-0.3, -0.25) is 28.2 Å². The molecule has 3 atom stereocenters. The zero-order chi connectivity index (χ0) is 46.6. The van der Waals surface area contributed by atoms with Gasteiger partial charge in [0, 0.05) is 42.3 Å². The number of rotatable bonds is 12. The van der Waals surface area contributed by atoms with Gasteiger partial charge in [0.15, 0.2) is 5.82 Å². The maximum atomic E-state index is 15.6. The highest BCUT2D eigenvalue weighted by Gasteiger charge is 2.67. The number of sulfonamides is 1. The number of hydrogen-bond acceptors (Lipinski definition) is 9. The number of carbonyl (C=O) groups is 1. The van der Waals surface area contributed by atoms with Crippen molar-refractivity contribution in [1.82, 2.24) is 44.4 Å². The minimum atomic E-state index is -3.92. The van der Waals surface area contributed by atoms with E-state index < -0.39 is 87.7 Å². The highest BCUT2D eigenvalue weighted by Crippen LogP contribution is 2.68. The quantitative estimate of drug-likeness (QED) is 0.116. The summed E-state index contributed by atoms with van der Waals surface area (Å²) in [7, 11) is -2.46. The van der Waals surface area contributed by atoms with Crippen LogP contribution in [0.3, 0.4) is 0 Å². The second kappa shape index (κ2) is 15.7. The molecule has 2 N–H and O–H groups in total. The van der Waals surface area contributed by atoms with Gasteiger partial charge in [-0.15, -0.1) is 0 Å². The molecular formula is C43H37ClF6N10O4S. The first kappa shape index (κ1) is 43.9. The third-order valence-electron chi connectivity index (χ3n) is 11.5. The highest BCUT2D eigenvalue weighted by molar-refractivity contribution is 7.92. The predicted octanol–water partition coefficient (Wildman–Crippen LogP) is 7.91. The summed E-state index contributed by atoms with van der Waals surface area (Å²) in [4.78, 5) is 43.4. The molecule has 0 radical (unpaired) electrons. The fourth-order valence-corrected chi connectivity index (χ4v) is 9.51.